The molecule has 0 aliphatic carbocycles. The van der Waals surface area contributed by atoms with E-state index in [1.54, 1.807) is 26.0 Å². The number of aliphatic hydroxyl groups excluding tert-OH is 2. The van der Waals surface area contributed by atoms with Crippen molar-refractivity contribution in [2.24, 2.45) is 5.92 Å². The third-order valence-corrected chi connectivity index (χ3v) is 9.44. The SMILES string of the molecule is C[C@@H](O)C#Cc1ccc2c(c1)O[C@@H](CN(C)Cc1ccc(-c3ccc(Cl)cc3)cc1)[C@@H](C)CN([C@@H](C)CO)S2(=O)=O. The molecule has 0 spiro atoms. The third kappa shape index (κ3) is 7.69. The molecule has 1 aliphatic heterocycles. The molecule has 7 nitrogen and oxygen atoms in total. The van der Waals surface area contributed by atoms with Crippen LogP contribution in [-0.4, -0.2) is 72.8 Å². The summed E-state index contributed by atoms with van der Waals surface area (Å²) in [4.78, 5) is 2.20. The lowest BCUT2D eigenvalue weighted by Gasteiger charge is -2.37. The summed E-state index contributed by atoms with van der Waals surface area (Å²) >= 11 is 6.02. The molecule has 0 aromatic heterocycles. The van der Waals surface area contributed by atoms with Crippen molar-refractivity contribution in [3.05, 3.63) is 82.9 Å². The normalized spacial score (nSPS) is 20.1. The molecule has 9 heteroatoms. The first-order valence-electron chi connectivity index (χ1n) is 13.6. The minimum absolute atomic E-state index is 0.0396. The highest BCUT2D eigenvalue weighted by Gasteiger charge is 2.38. The molecule has 1 aliphatic rings. The van der Waals surface area contributed by atoms with Gasteiger partial charge in [-0.15, -0.1) is 0 Å². The summed E-state index contributed by atoms with van der Waals surface area (Å²) in [6, 6.07) is 20.2. The maximum atomic E-state index is 13.7. The van der Waals surface area contributed by atoms with Gasteiger partial charge in [0.1, 0.15) is 22.9 Å². The van der Waals surface area contributed by atoms with Gasteiger partial charge in [-0.2, -0.15) is 4.31 Å². The van der Waals surface area contributed by atoms with Gasteiger partial charge in [-0.05, 0) is 67.9 Å². The summed E-state index contributed by atoms with van der Waals surface area (Å²) in [5, 5.41) is 20.2. The predicted octanol–water partition coefficient (Wildman–Crippen LogP) is 4.64. The Hall–Kier alpha value is -2.90. The van der Waals surface area contributed by atoms with Crippen LogP contribution in [0.25, 0.3) is 11.1 Å². The molecule has 1 heterocycles. The lowest BCUT2D eigenvalue weighted by atomic mass is 10.0. The van der Waals surface area contributed by atoms with E-state index in [4.69, 9.17) is 16.3 Å². The average molecular weight is 597 g/mol. The van der Waals surface area contributed by atoms with Crippen molar-refractivity contribution in [2.75, 3.05) is 26.7 Å². The van der Waals surface area contributed by atoms with Gasteiger partial charge in [0.15, 0.2) is 0 Å². The zero-order valence-electron chi connectivity index (χ0n) is 23.8. The Morgan fingerprint density at radius 1 is 1.07 bits per heavy atom. The summed E-state index contributed by atoms with van der Waals surface area (Å²) in [5.74, 6) is 5.61. The molecule has 4 rings (SSSR count). The molecule has 0 fully saturated rings. The van der Waals surface area contributed by atoms with Crippen molar-refractivity contribution in [1.29, 1.82) is 0 Å². The number of hydrogen-bond acceptors (Lipinski definition) is 6. The van der Waals surface area contributed by atoms with E-state index in [1.165, 1.54) is 10.4 Å². The highest BCUT2D eigenvalue weighted by Crippen LogP contribution is 2.34. The molecule has 0 unspecified atom stereocenters. The lowest BCUT2D eigenvalue weighted by molar-refractivity contribution is 0.0733. The first-order valence-corrected chi connectivity index (χ1v) is 15.5. The van der Waals surface area contributed by atoms with Crippen molar-refractivity contribution in [3.63, 3.8) is 0 Å². The first-order chi connectivity index (χ1) is 19.5. The van der Waals surface area contributed by atoms with Crippen molar-refractivity contribution >= 4 is 21.6 Å². The molecule has 218 valence electrons. The molecule has 2 N–H and O–H groups in total. The topological polar surface area (TPSA) is 90.3 Å². The molecule has 3 aromatic rings. The summed E-state index contributed by atoms with van der Waals surface area (Å²) < 4.78 is 35.1. The lowest BCUT2D eigenvalue weighted by Crippen LogP contribution is -2.49. The van der Waals surface area contributed by atoms with Gasteiger partial charge in [0.2, 0.25) is 10.0 Å². The first kappa shape index (κ1) is 31.0. The molecule has 0 amide bonds. The van der Waals surface area contributed by atoms with Gasteiger partial charge in [0.25, 0.3) is 0 Å². The maximum Gasteiger partial charge on any atom is 0.247 e. The van der Waals surface area contributed by atoms with Gasteiger partial charge in [0, 0.05) is 42.2 Å². The molecular formula is C32H37ClN2O5S. The van der Waals surface area contributed by atoms with Crippen molar-refractivity contribution in [1.82, 2.24) is 9.21 Å². The van der Waals surface area contributed by atoms with Gasteiger partial charge in [-0.25, -0.2) is 8.42 Å². The number of rotatable bonds is 7. The quantitative estimate of drug-likeness (QED) is 0.386. The highest BCUT2D eigenvalue weighted by molar-refractivity contribution is 7.89. The number of likely N-dealkylation sites (N-methyl/N-ethyl adjacent to an activating group) is 1. The zero-order valence-corrected chi connectivity index (χ0v) is 25.4. The Morgan fingerprint density at radius 2 is 1.71 bits per heavy atom. The van der Waals surface area contributed by atoms with Gasteiger partial charge in [-0.3, -0.25) is 4.90 Å². The van der Waals surface area contributed by atoms with Gasteiger partial charge in [-0.1, -0.05) is 66.8 Å². The molecule has 41 heavy (non-hydrogen) atoms. The van der Waals surface area contributed by atoms with Gasteiger partial charge >= 0.3 is 0 Å². The van der Waals surface area contributed by atoms with E-state index in [9.17, 15) is 18.6 Å². The van der Waals surface area contributed by atoms with E-state index in [0.717, 1.165) is 16.7 Å². The molecule has 0 bridgehead atoms. The summed E-state index contributed by atoms with van der Waals surface area (Å²) in [6.07, 6.45) is -1.15. The van der Waals surface area contributed by atoms with Crippen LogP contribution < -0.4 is 4.74 Å². The number of aliphatic hydroxyl groups is 2. The third-order valence-electron chi connectivity index (χ3n) is 7.17. The van der Waals surface area contributed by atoms with E-state index in [1.807, 2.05) is 38.2 Å². The second-order valence-electron chi connectivity index (χ2n) is 10.7. The molecular weight excluding hydrogens is 560 g/mol. The standard InChI is InChI=1S/C32H37ClN2O5S/c1-22-18-35(23(2)21-36)41(38,39)32-16-9-25(6-5-24(3)37)17-30(32)40-31(22)20-34(4)19-26-7-10-27(11-8-26)28-12-14-29(33)15-13-28/h7-17,22-24,31,36-37H,18-21H2,1-4H3/t22-,23-,24+,31-/m0/s1. The number of sulfonamides is 1. The fraction of sp³-hybridized carbons (Fsp3) is 0.375. The van der Waals surface area contributed by atoms with Crippen LogP contribution in [0.5, 0.6) is 5.75 Å². The highest BCUT2D eigenvalue weighted by atomic mass is 35.5. The van der Waals surface area contributed by atoms with Crippen LogP contribution in [0.3, 0.4) is 0 Å². The van der Waals surface area contributed by atoms with Crippen LogP contribution in [0.1, 0.15) is 31.9 Å². The van der Waals surface area contributed by atoms with E-state index in [0.29, 0.717) is 23.7 Å². The summed E-state index contributed by atoms with van der Waals surface area (Å²) in [5.41, 5.74) is 3.88. The molecule has 0 saturated heterocycles. The summed E-state index contributed by atoms with van der Waals surface area (Å²) in [7, 11) is -1.92. The fourth-order valence-electron chi connectivity index (χ4n) is 4.84. The molecule has 4 atom stereocenters. The van der Waals surface area contributed by atoms with Gasteiger partial charge in [0.05, 0.1) is 6.61 Å². The maximum absolute atomic E-state index is 13.7. The second kappa shape index (κ2) is 13.4. The van der Waals surface area contributed by atoms with Crippen LogP contribution in [0.4, 0.5) is 0 Å². The van der Waals surface area contributed by atoms with E-state index >= 15 is 0 Å². The average Bonchev–Trinajstić information content (AvgIpc) is 2.94. The van der Waals surface area contributed by atoms with E-state index in [2.05, 4.69) is 41.0 Å². The predicted molar refractivity (Wildman–Crippen MR) is 162 cm³/mol. The minimum Gasteiger partial charge on any atom is -0.487 e. The van der Waals surface area contributed by atoms with Crippen LogP contribution in [0, 0.1) is 17.8 Å². The number of halogens is 1. The number of benzene rings is 3. The number of nitrogens with zero attached hydrogens (tertiary/aromatic N) is 2. The zero-order chi connectivity index (χ0) is 29.7. The van der Waals surface area contributed by atoms with Crippen molar-refractivity contribution < 1.29 is 23.4 Å². The van der Waals surface area contributed by atoms with Crippen LogP contribution in [-0.2, 0) is 16.6 Å². The number of hydrogen-bond donors (Lipinski definition) is 2. The minimum atomic E-state index is -3.94. The number of fused-ring (bicyclic) bond motifs is 1. The fourth-order valence-corrected chi connectivity index (χ4v) is 6.79. The Balaban J connectivity index is 1.58. The molecule has 0 saturated carbocycles. The van der Waals surface area contributed by atoms with E-state index < -0.39 is 22.2 Å². The van der Waals surface area contributed by atoms with Crippen molar-refractivity contribution in [3.8, 4) is 28.7 Å². The Morgan fingerprint density at radius 3 is 2.32 bits per heavy atom. The smallest absolute Gasteiger partial charge is 0.247 e. The largest absolute Gasteiger partial charge is 0.487 e. The van der Waals surface area contributed by atoms with Crippen LogP contribution in [0.2, 0.25) is 5.02 Å². The Labute approximate surface area is 248 Å². The summed E-state index contributed by atoms with van der Waals surface area (Å²) in [6.45, 7) is 6.37. The Bertz CT molecular complexity index is 1500. The van der Waals surface area contributed by atoms with E-state index in [-0.39, 0.29) is 35.8 Å². The van der Waals surface area contributed by atoms with Crippen LogP contribution in [0.15, 0.2) is 71.6 Å². The Kier molecular flexibility index (Phi) is 10.1. The monoisotopic (exact) mass is 596 g/mol. The number of ether oxygens (including phenoxy) is 1. The molecule has 0 radical (unpaired) electrons. The van der Waals surface area contributed by atoms with Crippen LogP contribution >= 0.6 is 11.6 Å². The second-order valence-corrected chi connectivity index (χ2v) is 13.0. The van der Waals surface area contributed by atoms with Gasteiger partial charge < -0.3 is 14.9 Å². The van der Waals surface area contributed by atoms with Crippen molar-refractivity contribution in [2.45, 2.75) is 50.5 Å². The molecule has 3 aromatic carbocycles.